The summed E-state index contributed by atoms with van der Waals surface area (Å²) in [6.07, 6.45) is 29.9. The highest BCUT2D eigenvalue weighted by atomic mass is 16.5. The second kappa shape index (κ2) is 33.4. The molecule has 2 atom stereocenters. The SMILES string of the molecule is CCCCCCCCCCCCCCOCC(CNC(=O)C(Cc1ccc(-c2ccccc2)cc1)NC(=O)O)OCCCCCCCCCCCCCC. The van der Waals surface area contributed by atoms with Gasteiger partial charge in [-0.15, -0.1) is 0 Å². The monoisotopic (exact) mass is 751 g/mol. The molecule has 2 aromatic rings. The Morgan fingerprint density at radius 3 is 1.50 bits per heavy atom. The Hall–Kier alpha value is -2.90. The van der Waals surface area contributed by atoms with Gasteiger partial charge in [-0.1, -0.05) is 210 Å². The van der Waals surface area contributed by atoms with Gasteiger partial charge in [0.2, 0.25) is 5.91 Å². The topological polar surface area (TPSA) is 96.9 Å². The van der Waals surface area contributed by atoms with Crippen molar-refractivity contribution in [1.29, 1.82) is 0 Å². The number of ether oxygens (including phenoxy) is 2. The Morgan fingerprint density at radius 1 is 0.574 bits per heavy atom. The predicted molar refractivity (Wildman–Crippen MR) is 226 cm³/mol. The van der Waals surface area contributed by atoms with Gasteiger partial charge in [0.15, 0.2) is 0 Å². The summed E-state index contributed by atoms with van der Waals surface area (Å²) in [6.45, 7) is 6.54. The van der Waals surface area contributed by atoms with E-state index in [9.17, 15) is 14.7 Å². The van der Waals surface area contributed by atoms with Gasteiger partial charge in [0.05, 0.1) is 12.7 Å². The molecule has 0 aliphatic rings. The van der Waals surface area contributed by atoms with Crippen LogP contribution in [0.1, 0.15) is 174 Å². The number of nitrogens with one attached hydrogen (secondary N) is 2. The van der Waals surface area contributed by atoms with Gasteiger partial charge in [-0.25, -0.2) is 4.79 Å². The predicted octanol–water partition coefficient (Wildman–Crippen LogP) is 12.5. The smallest absolute Gasteiger partial charge is 0.405 e. The van der Waals surface area contributed by atoms with Crippen LogP contribution in [0.25, 0.3) is 11.1 Å². The first-order chi connectivity index (χ1) is 26.5. The van der Waals surface area contributed by atoms with Crippen LogP contribution < -0.4 is 10.6 Å². The molecular formula is C47H78N2O5. The van der Waals surface area contributed by atoms with Gasteiger partial charge >= 0.3 is 6.09 Å². The van der Waals surface area contributed by atoms with E-state index in [1.165, 1.54) is 135 Å². The van der Waals surface area contributed by atoms with Crippen molar-refractivity contribution in [3.63, 3.8) is 0 Å². The molecule has 54 heavy (non-hydrogen) atoms. The van der Waals surface area contributed by atoms with Gasteiger partial charge in [0, 0.05) is 26.2 Å². The minimum atomic E-state index is -1.22. The Balaban J connectivity index is 1.76. The third-order valence-electron chi connectivity index (χ3n) is 10.4. The van der Waals surface area contributed by atoms with Crippen LogP contribution in [0.15, 0.2) is 54.6 Å². The van der Waals surface area contributed by atoms with Crippen LogP contribution in [0.3, 0.4) is 0 Å². The maximum atomic E-state index is 13.3. The summed E-state index contributed by atoms with van der Waals surface area (Å²) < 4.78 is 12.3. The summed E-state index contributed by atoms with van der Waals surface area (Å²) in [7, 11) is 0. The maximum Gasteiger partial charge on any atom is 0.405 e. The lowest BCUT2D eigenvalue weighted by Gasteiger charge is -2.22. The fraction of sp³-hybridized carbons (Fsp3) is 0.702. The summed E-state index contributed by atoms with van der Waals surface area (Å²) >= 11 is 0. The van der Waals surface area contributed by atoms with Gasteiger partial charge in [0.1, 0.15) is 6.04 Å². The van der Waals surface area contributed by atoms with Crippen LogP contribution in [-0.4, -0.2) is 55.6 Å². The molecule has 2 rings (SSSR count). The number of hydrogen-bond donors (Lipinski definition) is 3. The molecule has 0 heterocycles. The standard InChI is InChI=1S/C47H78N2O5/c1-3-5-7-9-11-13-15-17-19-21-23-28-36-53-40-44(54-37-29-24-22-20-18-16-14-12-10-8-6-4-2)39-48-46(50)45(49-47(51)52)38-41-32-34-43(35-33-41)42-30-26-25-27-31-42/h25-27,30-35,44-45,49H,3-24,28-29,36-40H2,1-2H3,(H,48,50)(H,51,52). The average Bonchev–Trinajstić information content (AvgIpc) is 3.18. The number of amides is 2. The van der Waals surface area contributed by atoms with E-state index in [1.807, 2.05) is 42.5 Å². The zero-order chi connectivity index (χ0) is 38.7. The molecule has 0 aromatic heterocycles. The van der Waals surface area contributed by atoms with Crippen LogP contribution >= 0.6 is 0 Å². The Morgan fingerprint density at radius 2 is 1.02 bits per heavy atom. The van der Waals surface area contributed by atoms with Crippen molar-refractivity contribution >= 4 is 12.0 Å². The molecule has 0 radical (unpaired) electrons. The van der Waals surface area contributed by atoms with E-state index in [-0.39, 0.29) is 25.0 Å². The molecule has 0 saturated heterocycles. The lowest BCUT2D eigenvalue weighted by Crippen LogP contribution is -2.49. The molecule has 0 aliphatic heterocycles. The number of rotatable bonds is 36. The van der Waals surface area contributed by atoms with E-state index < -0.39 is 12.1 Å². The molecule has 2 aromatic carbocycles. The van der Waals surface area contributed by atoms with Crippen molar-refractivity contribution in [2.24, 2.45) is 0 Å². The highest BCUT2D eigenvalue weighted by Gasteiger charge is 2.22. The summed E-state index contributed by atoms with van der Waals surface area (Å²) in [5.41, 5.74) is 3.06. The number of carboxylic acid groups (broad SMARTS) is 1. The molecule has 0 aliphatic carbocycles. The van der Waals surface area contributed by atoms with E-state index in [2.05, 4.69) is 36.6 Å². The molecule has 7 heteroatoms. The molecule has 2 amide bonds. The molecule has 0 bridgehead atoms. The number of unbranched alkanes of at least 4 members (excludes halogenated alkanes) is 22. The maximum absolute atomic E-state index is 13.3. The van der Waals surface area contributed by atoms with Crippen molar-refractivity contribution < 1.29 is 24.2 Å². The number of carbonyl (C=O) groups is 2. The molecule has 0 saturated carbocycles. The fourth-order valence-corrected chi connectivity index (χ4v) is 7.01. The Kier molecular flexibility index (Phi) is 29.3. The summed E-state index contributed by atoms with van der Waals surface area (Å²) in [4.78, 5) is 25.0. The highest BCUT2D eigenvalue weighted by molar-refractivity contribution is 5.85. The van der Waals surface area contributed by atoms with Crippen LogP contribution in [0.5, 0.6) is 0 Å². The zero-order valence-corrected chi connectivity index (χ0v) is 34.4. The van der Waals surface area contributed by atoms with Crippen molar-refractivity contribution in [2.75, 3.05) is 26.4 Å². The zero-order valence-electron chi connectivity index (χ0n) is 34.4. The fourth-order valence-electron chi connectivity index (χ4n) is 7.01. The van der Waals surface area contributed by atoms with Crippen LogP contribution in [0.2, 0.25) is 0 Å². The first-order valence-electron chi connectivity index (χ1n) is 22.1. The summed E-state index contributed by atoms with van der Waals surface area (Å²) in [5.74, 6) is -0.357. The lowest BCUT2D eigenvalue weighted by molar-refractivity contribution is -0.124. The number of carbonyl (C=O) groups excluding carboxylic acids is 1. The van der Waals surface area contributed by atoms with Crippen LogP contribution in [0.4, 0.5) is 4.79 Å². The first-order valence-corrected chi connectivity index (χ1v) is 22.1. The molecule has 306 valence electrons. The van der Waals surface area contributed by atoms with E-state index in [0.717, 1.165) is 36.0 Å². The van der Waals surface area contributed by atoms with E-state index >= 15 is 0 Å². The second-order valence-corrected chi connectivity index (χ2v) is 15.4. The van der Waals surface area contributed by atoms with E-state index in [4.69, 9.17) is 9.47 Å². The number of benzene rings is 2. The number of hydrogen-bond acceptors (Lipinski definition) is 4. The van der Waals surface area contributed by atoms with Crippen LogP contribution in [-0.2, 0) is 20.7 Å². The lowest BCUT2D eigenvalue weighted by atomic mass is 10.0. The van der Waals surface area contributed by atoms with Crippen molar-refractivity contribution in [2.45, 2.75) is 187 Å². The third kappa shape index (κ3) is 25.2. The molecule has 7 nitrogen and oxygen atoms in total. The average molecular weight is 751 g/mol. The molecular weight excluding hydrogens is 673 g/mol. The minimum Gasteiger partial charge on any atom is -0.465 e. The molecule has 0 fully saturated rings. The Bertz CT molecular complexity index is 1160. The van der Waals surface area contributed by atoms with Crippen LogP contribution in [0, 0.1) is 0 Å². The van der Waals surface area contributed by atoms with Gasteiger partial charge < -0.3 is 25.2 Å². The molecule has 0 spiro atoms. The van der Waals surface area contributed by atoms with Gasteiger partial charge in [-0.3, -0.25) is 4.79 Å². The third-order valence-corrected chi connectivity index (χ3v) is 10.4. The van der Waals surface area contributed by atoms with Gasteiger partial charge in [-0.05, 0) is 29.5 Å². The normalized spacial score (nSPS) is 12.4. The van der Waals surface area contributed by atoms with Gasteiger partial charge in [-0.2, -0.15) is 0 Å². The molecule has 3 N–H and O–H groups in total. The largest absolute Gasteiger partial charge is 0.465 e. The van der Waals surface area contributed by atoms with Gasteiger partial charge in [0.25, 0.3) is 0 Å². The van der Waals surface area contributed by atoms with Crippen molar-refractivity contribution in [1.82, 2.24) is 10.6 Å². The summed E-state index contributed by atoms with van der Waals surface area (Å²) in [5, 5.41) is 14.9. The summed E-state index contributed by atoms with van der Waals surface area (Å²) in [6, 6.07) is 17.1. The van der Waals surface area contributed by atoms with Crippen molar-refractivity contribution in [3.8, 4) is 11.1 Å². The Labute approximate surface area is 330 Å². The van der Waals surface area contributed by atoms with Crippen molar-refractivity contribution in [3.05, 3.63) is 60.2 Å². The molecule has 2 unspecified atom stereocenters. The van der Waals surface area contributed by atoms with E-state index in [1.54, 1.807) is 0 Å². The first kappa shape index (κ1) is 47.3. The highest BCUT2D eigenvalue weighted by Crippen LogP contribution is 2.20. The quantitative estimate of drug-likeness (QED) is 0.0603. The minimum absolute atomic E-state index is 0.257. The second-order valence-electron chi connectivity index (χ2n) is 15.4. The van der Waals surface area contributed by atoms with E-state index in [0.29, 0.717) is 19.8 Å².